The highest BCUT2D eigenvalue weighted by atomic mass is 19.1. The van der Waals surface area contributed by atoms with Crippen molar-refractivity contribution in [1.29, 1.82) is 5.26 Å². The van der Waals surface area contributed by atoms with Crippen molar-refractivity contribution in [3.63, 3.8) is 0 Å². The zero-order valence-corrected chi connectivity index (χ0v) is 8.87. The van der Waals surface area contributed by atoms with Crippen molar-refractivity contribution in [3.8, 4) is 6.07 Å². The van der Waals surface area contributed by atoms with E-state index < -0.39 is 5.41 Å². The second kappa shape index (κ2) is 3.05. The SMILES string of the molecule is N#CC1(C2(c3ccccc3F)COC2)CC1. The van der Waals surface area contributed by atoms with E-state index in [4.69, 9.17) is 4.74 Å². The van der Waals surface area contributed by atoms with E-state index >= 15 is 0 Å². The lowest BCUT2D eigenvalue weighted by Gasteiger charge is -2.45. The lowest BCUT2D eigenvalue weighted by Crippen LogP contribution is -2.53. The standard InChI is InChI=1S/C13H12FNO/c14-11-4-2-1-3-10(11)13(8-16-9-13)12(7-15)5-6-12/h1-4H,5-6,8-9H2. The summed E-state index contributed by atoms with van der Waals surface area (Å²) in [5.74, 6) is -0.215. The Balaban J connectivity index is 2.10. The lowest BCUT2D eigenvalue weighted by atomic mass is 9.66. The Morgan fingerprint density at radius 3 is 2.38 bits per heavy atom. The maximum atomic E-state index is 13.8. The van der Waals surface area contributed by atoms with Crippen molar-refractivity contribution >= 4 is 0 Å². The van der Waals surface area contributed by atoms with Crippen LogP contribution in [0, 0.1) is 22.6 Å². The number of halogens is 1. The van der Waals surface area contributed by atoms with E-state index in [-0.39, 0.29) is 11.2 Å². The normalized spacial score (nSPS) is 24.2. The summed E-state index contributed by atoms with van der Waals surface area (Å²) < 4.78 is 19.1. The second-order valence-corrected chi connectivity index (χ2v) is 4.75. The fourth-order valence-corrected chi connectivity index (χ4v) is 2.67. The topological polar surface area (TPSA) is 33.0 Å². The smallest absolute Gasteiger partial charge is 0.127 e. The fraction of sp³-hybridized carbons (Fsp3) is 0.462. The maximum absolute atomic E-state index is 13.8. The van der Waals surface area contributed by atoms with Crippen molar-refractivity contribution in [2.45, 2.75) is 18.3 Å². The van der Waals surface area contributed by atoms with E-state index in [1.807, 2.05) is 6.07 Å². The second-order valence-electron chi connectivity index (χ2n) is 4.75. The Labute approximate surface area is 93.6 Å². The van der Waals surface area contributed by atoms with Gasteiger partial charge in [-0.05, 0) is 18.9 Å². The number of hydrogen-bond donors (Lipinski definition) is 0. The van der Waals surface area contributed by atoms with Crippen LogP contribution in [0.4, 0.5) is 4.39 Å². The number of nitriles is 1. The summed E-state index contributed by atoms with van der Waals surface area (Å²) in [6, 6.07) is 9.13. The Hall–Kier alpha value is -1.40. The summed E-state index contributed by atoms with van der Waals surface area (Å²) in [6.07, 6.45) is 1.72. The molecule has 2 aliphatic rings. The van der Waals surface area contributed by atoms with Crippen LogP contribution in [0.25, 0.3) is 0 Å². The molecule has 0 bridgehead atoms. The average molecular weight is 217 g/mol. The van der Waals surface area contributed by atoms with Gasteiger partial charge in [-0.15, -0.1) is 0 Å². The van der Waals surface area contributed by atoms with Gasteiger partial charge in [-0.25, -0.2) is 4.39 Å². The summed E-state index contributed by atoms with van der Waals surface area (Å²) in [6.45, 7) is 0.947. The number of ether oxygens (including phenoxy) is 1. The van der Waals surface area contributed by atoms with E-state index in [9.17, 15) is 9.65 Å². The molecule has 0 atom stereocenters. The van der Waals surface area contributed by atoms with E-state index in [0.29, 0.717) is 18.8 Å². The van der Waals surface area contributed by atoms with E-state index in [1.165, 1.54) is 6.07 Å². The molecule has 1 aromatic rings. The third kappa shape index (κ3) is 1.03. The van der Waals surface area contributed by atoms with Crippen LogP contribution in [-0.2, 0) is 10.2 Å². The molecule has 1 heterocycles. The van der Waals surface area contributed by atoms with Gasteiger partial charge in [0.2, 0.25) is 0 Å². The van der Waals surface area contributed by atoms with Crippen molar-refractivity contribution in [2.75, 3.05) is 13.2 Å². The van der Waals surface area contributed by atoms with Gasteiger partial charge < -0.3 is 4.74 Å². The van der Waals surface area contributed by atoms with E-state index in [2.05, 4.69) is 6.07 Å². The zero-order chi connectivity index (χ0) is 11.2. The summed E-state index contributed by atoms with van der Waals surface area (Å²) in [7, 11) is 0. The number of benzene rings is 1. The minimum Gasteiger partial charge on any atom is -0.379 e. The fourth-order valence-electron chi connectivity index (χ4n) is 2.67. The largest absolute Gasteiger partial charge is 0.379 e. The molecule has 1 aromatic carbocycles. The summed E-state index contributed by atoms with van der Waals surface area (Å²) >= 11 is 0. The molecule has 1 saturated carbocycles. The highest BCUT2D eigenvalue weighted by Gasteiger charge is 2.65. The molecule has 82 valence electrons. The first kappa shape index (κ1) is 9.80. The summed E-state index contributed by atoms with van der Waals surface area (Å²) in [4.78, 5) is 0. The molecule has 0 N–H and O–H groups in total. The predicted molar refractivity (Wildman–Crippen MR) is 56.2 cm³/mol. The Kier molecular flexibility index (Phi) is 1.87. The van der Waals surface area contributed by atoms with Crippen LogP contribution in [0.3, 0.4) is 0 Å². The van der Waals surface area contributed by atoms with E-state index in [1.54, 1.807) is 12.1 Å². The molecule has 2 fully saturated rings. The minimum absolute atomic E-state index is 0.215. The van der Waals surface area contributed by atoms with Gasteiger partial charge in [0.1, 0.15) is 5.82 Å². The zero-order valence-electron chi connectivity index (χ0n) is 8.87. The van der Waals surface area contributed by atoms with Gasteiger partial charge in [0.05, 0.1) is 30.1 Å². The van der Waals surface area contributed by atoms with Gasteiger partial charge in [-0.3, -0.25) is 0 Å². The number of nitrogens with zero attached hydrogens (tertiary/aromatic N) is 1. The van der Waals surface area contributed by atoms with Gasteiger partial charge in [-0.1, -0.05) is 18.2 Å². The van der Waals surface area contributed by atoms with Crippen molar-refractivity contribution in [3.05, 3.63) is 35.6 Å². The van der Waals surface area contributed by atoms with Crippen LogP contribution in [-0.4, -0.2) is 13.2 Å². The molecule has 0 spiro atoms. The molecular formula is C13H12FNO. The maximum Gasteiger partial charge on any atom is 0.127 e. The van der Waals surface area contributed by atoms with Gasteiger partial charge >= 0.3 is 0 Å². The first-order valence-electron chi connectivity index (χ1n) is 5.48. The summed E-state index contributed by atoms with van der Waals surface area (Å²) in [5, 5.41) is 9.28. The van der Waals surface area contributed by atoms with Crippen molar-refractivity contribution in [2.24, 2.45) is 5.41 Å². The molecule has 3 heteroatoms. The molecular weight excluding hydrogens is 205 g/mol. The molecule has 3 rings (SSSR count). The molecule has 0 amide bonds. The van der Waals surface area contributed by atoms with E-state index in [0.717, 1.165) is 12.8 Å². The Morgan fingerprint density at radius 1 is 1.25 bits per heavy atom. The molecule has 16 heavy (non-hydrogen) atoms. The van der Waals surface area contributed by atoms with Crippen molar-refractivity contribution in [1.82, 2.24) is 0 Å². The molecule has 0 radical (unpaired) electrons. The third-order valence-corrected chi connectivity index (χ3v) is 3.97. The van der Waals surface area contributed by atoms with Crippen LogP contribution in [0.5, 0.6) is 0 Å². The molecule has 1 aliphatic heterocycles. The first-order valence-corrected chi connectivity index (χ1v) is 5.48. The number of hydrogen-bond acceptors (Lipinski definition) is 2. The molecule has 1 saturated heterocycles. The van der Waals surface area contributed by atoms with Crippen LogP contribution in [0.1, 0.15) is 18.4 Å². The lowest BCUT2D eigenvalue weighted by molar-refractivity contribution is -0.0883. The highest BCUT2D eigenvalue weighted by molar-refractivity contribution is 5.39. The minimum atomic E-state index is -0.396. The number of rotatable bonds is 2. The Morgan fingerprint density at radius 2 is 1.94 bits per heavy atom. The molecule has 0 aromatic heterocycles. The van der Waals surface area contributed by atoms with Crippen LogP contribution >= 0.6 is 0 Å². The van der Waals surface area contributed by atoms with Gasteiger partial charge in [-0.2, -0.15) is 5.26 Å². The highest BCUT2D eigenvalue weighted by Crippen LogP contribution is 2.62. The molecule has 1 aliphatic carbocycles. The van der Waals surface area contributed by atoms with Crippen molar-refractivity contribution < 1.29 is 9.13 Å². The average Bonchev–Trinajstić information content (AvgIpc) is 3.01. The molecule has 2 nitrogen and oxygen atoms in total. The quantitative estimate of drug-likeness (QED) is 0.762. The Bertz CT molecular complexity index is 469. The molecule has 0 unspecified atom stereocenters. The van der Waals surface area contributed by atoms with Gasteiger partial charge in [0, 0.05) is 5.56 Å². The monoisotopic (exact) mass is 217 g/mol. The van der Waals surface area contributed by atoms with Gasteiger partial charge in [0.15, 0.2) is 0 Å². The summed E-state index contributed by atoms with van der Waals surface area (Å²) in [5.41, 5.74) is -0.124. The van der Waals surface area contributed by atoms with Crippen LogP contribution < -0.4 is 0 Å². The van der Waals surface area contributed by atoms with Gasteiger partial charge in [0.25, 0.3) is 0 Å². The predicted octanol–water partition coefficient (Wildman–Crippen LogP) is 2.40. The van der Waals surface area contributed by atoms with Crippen LogP contribution in [0.2, 0.25) is 0 Å². The van der Waals surface area contributed by atoms with Crippen LogP contribution in [0.15, 0.2) is 24.3 Å². The first-order chi connectivity index (χ1) is 7.74. The third-order valence-electron chi connectivity index (χ3n) is 3.97.